The summed E-state index contributed by atoms with van der Waals surface area (Å²) in [7, 11) is 0. The molecule has 0 aliphatic heterocycles. The smallest absolute Gasteiger partial charge is 0.317 e. The number of ether oxygens (including phenoxy) is 1. The quantitative estimate of drug-likeness (QED) is 0.547. The van der Waals surface area contributed by atoms with Gasteiger partial charge in [0.25, 0.3) is 0 Å². The summed E-state index contributed by atoms with van der Waals surface area (Å²) in [6, 6.07) is 0. The zero-order valence-electron chi connectivity index (χ0n) is 15.6. The Kier molecular flexibility index (Phi) is 6.51. The summed E-state index contributed by atoms with van der Waals surface area (Å²) >= 11 is 0. The molecular weight excluding hydrogens is 322 g/mol. The minimum atomic E-state index is -2.98. The van der Waals surface area contributed by atoms with Crippen molar-refractivity contribution in [2.75, 3.05) is 0 Å². The first kappa shape index (κ1) is 19.3. The first-order chi connectivity index (χ1) is 12.0. The molecule has 0 bridgehead atoms. The maximum absolute atomic E-state index is 14.8. The minimum Gasteiger partial charge on any atom is -0.317 e. The standard InChI is InChI=1S/C21H34F2O2/c1-2-3-15-5-10-20(11-6-15)25-21(22,23)19-9-8-17-12-16(14-24)4-7-18(17)13-19/h14-20H,2-13H2,1H3. The minimum absolute atomic E-state index is 0.160. The Hall–Kier alpha value is -0.510. The molecule has 144 valence electrons. The molecule has 0 aromatic rings. The first-order valence-electron chi connectivity index (χ1n) is 10.5. The van der Waals surface area contributed by atoms with Crippen LogP contribution in [0.1, 0.15) is 84.0 Å². The van der Waals surface area contributed by atoms with E-state index in [0.717, 1.165) is 57.7 Å². The lowest BCUT2D eigenvalue weighted by Gasteiger charge is -2.43. The third kappa shape index (κ3) is 4.81. The molecule has 25 heavy (non-hydrogen) atoms. The molecule has 4 heteroatoms. The Morgan fingerprint density at radius 2 is 1.64 bits per heavy atom. The molecule has 0 aromatic heterocycles. The van der Waals surface area contributed by atoms with Crippen molar-refractivity contribution in [1.29, 1.82) is 0 Å². The molecule has 0 radical (unpaired) electrons. The van der Waals surface area contributed by atoms with E-state index in [1.807, 2.05) is 0 Å². The topological polar surface area (TPSA) is 26.3 Å². The van der Waals surface area contributed by atoms with Gasteiger partial charge in [0.05, 0.1) is 12.0 Å². The van der Waals surface area contributed by atoms with Crippen LogP contribution in [0.4, 0.5) is 8.78 Å². The Balaban J connectivity index is 1.49. The summed E-state index contributed by atoms with van der Waals surface area (Å²) in [5.41, 5.74) is 0. The van der Waals surface area contributed by atoms with Crippen molar-refractivity contribution in [1.82, 2.24) is 0 Å². The second kappa shape index (κ2) is 8.45. The normalized spacial score (nSPS) is 39.6. The zero-order valence-corrected chi connectivity index (χ0v) is 15.6. The van der Waals surface area contributed by atoms with E-state index in [9.17, 15) is 13.6 Å². The fourth-order valence-electron chi connectivity index (χ4n) is 5.62. The van der Waals surface area contributed by atoms with Crippen molar-refractivity contribution in [3.8, 4) is 0 Å². The number of alkyl halides is 2. The Morgan fingerprint density at radius 1 is 0.960 bits per heavy atom. The van der Waals surface area contributed by atoms with Gasteiger partial charge in [-0.25, -0.2) is 0 Å². The summed E-state index contributed by atoms with van der Waals surface area (Å²) in [4.78, 5) is 11.0. The number of rotatable bonds is 6. The van der Waals surface area contributed by atoms with Crippen molar-refractivity contribution in [3.63, 3.8) is 0 Å². The molecule has 0 saturated heterocycles. The molecule has 3 aliphatic rings. The van der Waals surface area contributed by atoms with Crippen LogP contribution in [-0.2, 0) is 9.53 Å². The molecule has 0 N–H and O–H groups in total. The highest BCUT2D eigenvalue weighted by atomic mass is 19.3. The lowest BCUT2D eigenvalue weighted by molar-refractivity contribution is -0.304. The Labute approximate surface area is 151 Å². The van der Waals surface area contributed by atoms with Crippen LogP contribution in [0.15, 0.2) is 0 Å². The summed E-state index contributed by atoms with van der Waals surface area (Å²) in [5.74, 6) is 1.08. The third-order valence-electron chi connectivity index (χ3n) is 7.14. The Bertz CT molecular complexity index is 432. The summed E-state index contributed by atoms with van der Waals surface area (Å²) < 4.78 is 34.9. The number of aldehydes is 1. The molecule has 4 atom stereocenters. The average molecular weight is 356 g/mol. The fourth-order valence-corrected chi connectivity index (χ4v) is 5.62. The third-order valence-corrected chi connectivity index (χ3v) is 7.14. The molecule has 2 nitrogen and oxygen atoms in total. The molecule has 3 rings (SSSR count). The molecule has 3 aliphatic carbocycles. The molecule has 3 fully saturated rings. The van der Waals surface area contributed by atoms with Crippen LogP contribution in [0.3, 0.4) is 0 Å². The molecule has 0 heterocycles. The maximum atomic E-state index is 14.8. The van der Waals surface area contributed by atoms with Gasteiger partial charge in [-0.15, -0.1) is 0 Å². The summed E-state index contributed by atoms with van der Waals surface area (Å²) in [6.45, 7) is 2.19. The van der Waals surface area contributed by atoms with Gasteiger partial charge in [0.1, 0.15) is 6.29 Å². The van der Waals surface area contributed by atoms with Gasteiger partial charge < -0.3 is 9.53 Å². The van der Waals surface area contributed by atoms with Gasteiger partial charge in [-0.2, -0.15) is 8.78 Å². The van der Waals surface area contributed by atoms with Crippen LogP contribution in [0.5, 0.6) is 0 Å². The number of carbonyl (C=O) groups is 1. The highest BCUT2D eigenvalue weighted by Gasteiger charge is 2.48. The van der Waals surface area contributed by atoms with E-state index in [4.69, 9.17) is 4.74 Å². The number of hydrogen-bond acceptors (Lipinski definition) is 2. The molecular formula is C21H34F2O2. The van der Waals surface area contributed by atoms with Crippen LogP contribution in [0, 0.1) is 29.6 Å². The van der Waals surface area contributed by atoms with E-state index in [0.29, 0.717) is 30.6 Å². The van der Waals surface area contributed by atoms with E-state index in [2.05, 4.69) is 6.92 Å². The number of fused-ring (bicyclic) bond motifs is 1. The average Bonchev–Trinajstić information content (AvgIpc) is 2.62. The van der Waals surface area contributed by atoms with Crippen molar-refractivity contribution in [3.05, 3.63) is 0 Å². The lowest BCUT2D eigenvalue weighted by Crippen LogP contribution is -2.42. The van der Waals surface area contributed by atoms with Crippen molar-refractivity contribution >= 4 is 6.29 Å². The van der Waals surface area contributed by atoms with E-state index in [1.54, 1.807) is 0 Å². The van der Waals surface area contributed by atoms with Crippen LogP contribution < -0.4 is 0 Å². The van der Waals surface area contributed by atoms with Gasteiger partial charge in [0, 0.05) is 5.92 Å². The SMILES string of the molecule is CCCC1CCC(OC(F)(F)C2CCC3CC(C=O)CCC3C2)CC1. The monoisotopic (exact) mass is 356 g/mol. The predicted octanol–water partition coefficient (Wildman–Crippen LogP) is 5.99. The second-order valence-electron chi connectivity index (χ2n) is 8.85. The van der Waals surface area contributed by atoms with Gasteiger partial charge in [-0.1, -0.05) is 19.8 Å². The molecule has 0 spiro atoms. The number of halogens is 2. The van der Waals surface area contributed by atoms with E-state index in [-0.39, 0.29) is 12.0 Å². The Morgan fingerprint density at radius 3 is 2.32 bits per heavy atom. The van der Waals surface area contributed by atoms with Crippen molar-refractivity contribution in [2.45, 2.75) is 96.2 Å². The fraction of sp³-hybridized carbons (Fsp3) is 0.952. The van der Waals surface area contributed by atoms with Gasteiger partial charge in [0.2, 0.25) is 0 Å². The second-order valence-corrected chi connectivity index (χ2v) is 8.85. The van der Waals surface area contributed by atoms with Crippen LogP contribution in [0.2, 0.25) is 0 Å². The van der Waals surface area contributed by atoms with Gasteiger partial charge in [-0.3, -0.25) is 0 Å². The summed E-state index contributed by atoms with van der Waals surface area (Å²) in [6.07, 6.45) is 8.58. The molecule has 0 aromatic carbocycles. The van der Waals surface area contributed by atoms with E-state index >= 15 is 0 Å². The molecule has 3 saturated carbocycles. The predicted molar refractivity (Wildman–Crippen MR) is 94.4 cm³/mol. The highest BCUT2D eigenvalue weighted by Crippen LogP contribution is 2.49. The molecule has 4 unspecified atom stereocenters. The highest BCUT2D eigenvalue weighted by molar-refractivity contribution is 5.53. The van der Waals surface area contributed by atoms with Gasteiger partial charge in [0.15, 0.2) is 0 Å². The zero-order chi connectivity index (χ0) is 17.9. The van der Waals surface area contributed by atoms with Crippen LogP contribution in [0.25, 0.3) is 0 Å². The molecule has 0 amide bonds. The van der Waals surface area contributed by atoms with E-state index < -0.39 is 12.0 Å². The van der Waals surface area contributed by atoms with E-state index in [1.165, 1.54) is 12.8 Å². The number of carbonyl (C=O) groups excluding carboxylic acids is 1. The van der Waals surface area contributed by atoms with Gasteiger partial charge >= 0.3 is 6.11 Å². The van der Waals surface area contributed by atoms with Gasteiger partial charge in [-0.05, 0) is 82.0 Å². The first-order valence-corrected chi connectivity index (χ1v) is 10.5. The lowest BCUT2D eigenvalue weighted by atomic mass is 9.65. The summed E-state index contributed by atoms with van der Waals surface area (Å²) in [5, 5.41) is 0. The van der Waals surface area contributed by atoms with Crippen LogP contribution >= 0.6 is 0 Å². The number of hydrogen-bond donors (Lipinski definition) is 0. The van der Waals surface area contributed by atoms with Crippen molar-refractivity contribution in [2.24, 2.45) is 29.6 Å². The largest absolute Gasteiger partial charge is 0.358 e. The van der Waals surface area contributed by atoms with Crippen molar-refractivity contribution < 1.29 is 18.3 Å². The van der Waals surface area contributed by atoms with Crippen LogP contribution in [-0.4, -0.2) is 18.5 Å². The maximum Gasteiger partial charge on any atom is 0.358 e.